The van der Waals surface area contributed by atoms with E-state index >= 15 is 0 Å². The van der Waals surface area contributed by atoms with E-state index in [2.05, 4.69) is 24.5 Å². The van der Waals surface area contributed by atoms with Crippen molar-refractivity contribution in [3.05, 3.63) is 59.7 Å². The molecule has 2 aromatic carbocycles. The SMILES string of the molecule is Cc1ccc(NC(=O)CSCC(=O)Nc2ccccc2C(C)C)cc1. The molecule has 2 amide bonds. The Bertz CT molecular complexity index is 727. The summed E-state index contributed by atoms with van der Waals surface area (Å²) >= 11 is 1.30. The lowest BCUT2D eigenvalue weighted by molar-refractivity contribution is -0.114. The molecule has 0 heterocycles. The molecule has 132 valence electrons. The fraction of sp³-hybridized carbons (Fsp3) is 0.300. The van der Waals surface area contributed by atoms with Gasteiger partial charge in [-0.15, -0.1) is 11.8 Å². The van der Waals surface area contributed by atoms with E-state index in [0.29, 0.717) is 5.92 Å². The van der Waals surface area contributed by atoms with Gasteiger partial charge >= 0.3 is 0 Å². The Balaban J connectivity index is 1.77. The van der Waals surface area contributed by atoms with Crippen LogP contribution in [0.2, 0.25) is 0 Å². The molecule has 0 aliphatic heterocycles. The van der Waals surface area contributed by atoms with Crippen LogP contribution in [0, 0.1) is 6.92 Å². The largest absolute Gasteiger partial charge is 0.325 e. The quantitative estimate of drug-likeness (QED) is 0.772. The first-order chi connectivity index (χ1) is 12.0. The molecule has 0 saturated carbocycles. The highest BCUT2D eigenvalue weighted by atomic mass is 32.2. The number of hydrogen-bond donors (Lipinski definition) is 2. The fourth-order valence-electron chi connectivity index (χ4n) is 2.37. The number of aryl methyl sites for hydroxylation is 1. The summed E-state index contributed by atoms with van der Waals surface area (Å²) in [6.45, 7) is 6.18. The molecule has 0 atom stereocenters. The van der Waals surface area contributed by atoms with E-state index in [0.717, 1.165) is 22.5 Å². The van der Waals surface area contributed by atoms with Crippen molar-refractivity contribution in [2.75, 3.05) is 22.1 Å². The molecule has 0 aliphatic carbocycles. The fourth-order valence-corrected chi connectivity index (χ4v) is 2.99. The molecule has 2 aromatic rings. The molecule has 2 N–H and O–H groups in total. The lowest BCUT2D eigenvalue weighted by Crippen LogP contribution is -2.19. The lowest BCUT2D eigenvalue weighted by atomic mass is 10.0. The van der Waals surface area contributed by atoms with Gasteiger partial charge in [0.15, 0.2) is 0 Å². The Kier molecular flexibility index (Phi) is 7.07. The van der Waals surface area contributed by atoms with Gasteiger partial charge in [-0.1, -0.05) is 49.7 Å². The monoisotopic (exact) mass is 356 g/mol. The Morgan fingerprint density at radius 1 is 0.920 bits per heavy atom. The van der Waals surface area contributed by atoms with Crippen LogP contribution in [0.1, 0.15) is 30.9 Å². The number of carbonyl (C=O) groups excluding carboxylic acids is 2. The first-order valence-electron chi connectivity index (χ1n) is 8.28. The number of nitrogens with one attached hydrogen (secondary N) is 2. The lowest BCUT2D eigenvalue weighted by Gasteiger charge is -2.13. The van der Waals surface area contributed by atoms with E-state index in [1.807, 2.05) is 55.5 Å². The number of benzene rings is 2. The van der Waals surface area contributed by atoms with Crippen LogP contribution in [0.15, 0.2) is 48.5 Å². The van der Waals surface area contributed by atoms with Crippen molar-refractivity contribution >= 4 is 35.0 Å². The molecule has 5 heteroatoms. The highest BCUT2D eigenvalue weighted by Gasteiger charge is 2.10. The van der Waals surface area contributed by atoms with Crippen molar-refractivity contribution < 1.29 is 9.59 Å². The van der Waals surface area contributed by atoms with Crippen molar-refractivity contribution in [2.45, 2.75) is 26.7 Å². The Morgan fingerprint density at radius 3 is 2.16 bits per heavy atom. The predicted molar refractivity (Wildman–Crippen MR) is 106 cm³/mol. The molecule has 0 unspecified atom stereocenters. The summed E-state index contributed by atoms with van der Waals surface area (Å²) in [7, 11) is 0. The van der Waals surface area contributed by atoms with Crippen molar-refractivity contribution in [1.82, 2.24) is 0 Å². The summed E-state index contributed by atoms with van der Waals surface area (Å²) < 4.78 is 0. The maximum absolute atomic E-state index is 12.1. The van der Waals surface area contributed by atoms with Gasteiger partial charge in [0.2, 0.25) is 11.8 Å². The zero-order valence-electron chi connectivity index (χ0n) is 14.8. The van der Waals surface area contributed by atoms with Gasteiger partial charge in [-0.25, -0.2) is 0 Å². The van der Waals surface area contributed by atoms with Crippen LogP contribution in [0.4, 0.5) is 11.4 Å². The molecule has 2 rings (SSSR count). The summed E-state index contributed by atoms with van der Waals surface area (Å²) in [5.74, 6) is 0.621. The number of thioether (sulfide) groups is 1. The number of hydrogen-bond acceptors (Lipinski definition) is 3. The van der Waals surface area contributed by atoms with E-state index in [1.54, 1.807) is 0 Å². The van der Waals surface area contributed by atoms with Crippen LogP contribution < -0.4 is 10.6 Å². The van der Waals surface area contributed by atoms with Gasteiger partial charge in [-0.2, -0.15) is 0 Å². The summed E-state index contributed by atoms with van der Waals surface area (Å²) in [6, 6.07) is 15.4. The number of carbonyl (C=O) groups is 2. The third kappa shape index (κ3) is 6.27. The van der Waals surface area contributed by atoms with Gasteiger partial charge in [0, 0.05) is 11.4 Å². The number of anilines is 2. The molecule has 0 radical (unpaired) electrons. The Labute approximate surface area is 153 Å². The number of amides is 2. The van der Waals surface area contributed by atoms with Crippen LogP contribution in [0.3, 0.4) is 0 Å². The predicted octanol–water partition coefficient (Wildman–Crippen LogP) is 4.43. The summed E-state index contributed by atoms with van der Waals surface area (Å²) in [6.07, 6.45) is 0. The van der Waals surface area contributed by atoms with Crippen molar-refractivity contribution in [2.24, 2.45) is 0 Å². The van der Waals surface area contributed by atoms with Crippen LogP contribution >= 0.6 is 11.8 Å². The van der Waals surface area contributed by atoms with Gasteiger partial charge < -0.3 is 10.6 Å². The van der Waals surface area contributed by atoms with Crippen LogP contribution in [0.5, 0.6) is 0 Å². The molecule has 0 aliphatic rings. The molecular weight excluding hydrogens is 332 g/mol. The van der Waals surface area contributed by atoms with E-state index in [9.17, 15) is 9.59 Å². The topological polar surface area (TPSA) is 58.2 Å². The van der Waals surface area contributed by atoms with Crippen molar-refractivity contribution in [1.29, 1.82) is 0 Å². The van der Waals surface area contributed by atoms with Gasteiger partial charge in [0.25, 0.3) is 0 Å². The second-order valence-electron chi connectivity index (χ2n) is 6.20. The van der Waals surface area contributed by atoms with E-state index in [1.165, 1.54) is 11.8 Å². The van der Waals surface area contributed by atoms with E-state index in [-0.39, 0.29) is 23.3 Å². The normalized spacial score (nSPS) is 10.6. The average Bonchev–Trinajstić information content (AvgIpc) is 2.57. The minimum atomic E-state index is -0.107. The zero-order chi connectivity index (χ0) is 18.2. The van der Waals surface area contributed by atoms with Gasteiger partial charge in [-0.05, 0) is 36.6 Å². The van der Waals surface area contributed by atoms with Crippen molar-refractivity contribution in [3.63, 3.8) is 0 Å². The van der Waals surface area contributed by atoms with Gasteiger partial charge in [0.1, 0.15) is 0 Å². The van der Waals surface area contributed by atoms with Gasteiger partial charge in [-0.3, -0.25) is 9.59 Å². The third-order valence-corrected chi connectivity index (χ3v) is 4.59. The Morgan fingerprint density at radius 2 is 1.52 bits per heavy atom. The standard InChI is InChI=1S/C20H24N2O2S/c1-14(2)17-6-4-5-7-18(17)22-20(24)13-25-12-19(23)21-16-10-8-15(3)9-11-16/h4-11,14H,12-13H2,1-3H3,(H,21,23)(H,22,24). The van der Waals surface area contributed by atoms with Crippen LogP contribution in [-0.2, 0) is 9.59 Å². The summed E-state index contributed by atoms with van der Waals surface area (Å²) in [5.41, 5.74) is 3.86. The minimum absolute atomic E-state index is 0.0961. The summed E-state index contributed by atoms with van der Waals surface area (Å²) in [5, 5.41) is 5.76. The molecule has 0 saturated heterocycles. The molecule has 0 aromatic heterocycles. The summed E-state index contributed by atoms with van der Waals surface area (Å²) in [4.78, 5) is 24.0. The molecule has 0 bridgehead atoms. The van der Waals surface area contributed by atoms with E-state index in [4.69, 9.17) is 0 Å². The smallest absolute Gasteiger partial charge is 0.234 e. The first kappa shape index (κ1) is 19.1. The zero-order valence-corrected chi connectivity index (χ0v) is 15.7. The Hall–Kier alpha value is -2.27. The number of rotatable bonds is 7. The molecule has 0 fully saturated rings. The maximum Gasteiger partial charge on any atom is 0.234 e. The molecular formula is C20H24N2O2S. The van der Waals surface area contributed by atoms with Crippen LogP contribution in [-0.4, -0.2) is 23.3 Å². The molecule has 0 spiro atoms. The van der Waals surface area contributed by atoms with Crippen molar-refractivity contribution in [3.8, 4) is 0 Å². The molecule has 4 nitrogen and oxygen atoms in total. The highest BCUT2D eigenvalue weighted by Crippen LogP contribution is 2.23. The average molecular weight is 356 g/mol. The second kappa shape index (κ2) is 9.28. The van der Waals surface area contributed by atoms with Gasteiger partial charge in [0.05, 0.1) is 11.5 Å². The maximum atomic E-state index is 12.1. The van der Waals surface area contributed by atoms with E-state index < -0.39 is 0 Å². The minimum Gasteiger partial charge on any atom is -0.325 e. The molecule has 25 heavy (non-hydrogen) atoms. The highest BCUT2D eigenvalue weighted by molar-refractivity contribution is 8.00. The first-order valence-corrected chi connectivity index (χ1v) is 9.44. The van der Waals surface area contributed by atoms with Crippen LogP contribution in [0.25, 0.3) is 0 Å². The third-order valence-electron chi connectivity index (χ3n) is 3.66. The number of para-hydroxylation sites is 1. The second-order valence-corrected chi connectivity index (χ2v) is 7.18.